The SMILES string of the molecule is CCn1nc(-c2cc(OC)ccc2OC)cc(CNC)c1=O. The lowest BCUT2D eigenvalue weighted by Gasteiger charge is -2.13. The first-order valence-electron chi connectivity index (χ1n) is 7.12. The molecule has 0 saturated heterocycles. The summed E-state index contributed by atoms with van der Waals surface area (Å²) in [4.78, 5) is 12.3. The van der Waals surface area contributed by atoms with Crippen molar-refractivity contribution in [3.05, 3.63) is 40.2 Å². The first-order chi connectivity index (χ1) is 10.6. The number of methoxy groups -OCH3 is 2. The van der Waals surface area contributed by atoms with Gasteiger partial charge in [-0.3, -0.25) is 4.79 Å². The normalized spacial score (nSPS) is 10.5. The highest BCUT2D eigenvalue weighted by atomic mass is 16.5. The van der Waals surface area contributed by atoms with Gasteiger partial charge in [-0.25, -0.2) is 4.68 Å². The van der Waals surface area contributed by atoms with Crippen molar-refractivity contribution in [2.45, 2.75) is 20.0 Å². The van der Waals surface area contributed by atoms with Crippen molar-refractivity contribution in [2.75, 3.05) is 21.3 Å². The van der Waals surface area contributed by atoms with Gasteiger partial charge in [0.05, 0.1) is 19.9 Å². The van der Waals surface area contributed by atoms with Crippen LogP contribution in [0.5, 0.6) is 11.5 Å². The lowest BCUT2D eigenvalue weighted by Crippen LogP contribution is -2.28. The summed E-state index contributed by atoms with van der Waals surface area (Å²) in [5.74, 6) is 1.40. The second-order valence-corrected chi connectivity index (χ2v) is 4.77. The molecule has 2 rings (SSSR count). The first-order valence-corrected chi connectivity index (χ1v) is 7.12. The van der Waals surface area contributed by atoms with Gasteiger partial charge < -0.3 is 14.8 Å². The van der Waals surface area contributed by atoms with E-state index in [2.05, 4.69) is 10.4 Å². The highest BCUT2D eigenvalue weighted by Gasteiger charge is 2.13. The summed E-state index contributed by atoms with van der Waals surface area (Å²) in [5, 5.41) is 7.44. The van der Waals surface area contributed by atoms with Crippen LogP contribution in [0.4, 0.5) is 0 Å². The van der Waals surface area contributed by atoms with Crippen LogP contribution < -0.4 is 20.3 Å². The molecule has 0 atom stereocenters. The summed E-state index contributed by atoms with van der Waals surface area (Å²) in [6, 6.07) is 7.30. The molecule has 2 aromatic rings. The number of aromatic nitrogens is 2. The maximum absolute atomic E-state index is 12.3. The van der Waals surface area contributed by atoms with Gasteiger partial charge >= 0.3 is 0 Å². The number of nitrogens with zero attached hydrogens (tertiary/aromatic N) is 2. The largest absolute Gasteiger partial charge is 0.497 e. The Balaban J connectivity index is 2.66. The van der Waals surface area contributed by atoms with Gasteiger partial charge in [0, 0.05) is 24.2 Å². The van der Waals surface area contributed by atoms with Crippen molar-refractivity contribution in [1.29, 1.82) is 0 Å². The van der Waals surface area contributed by atoms with Crippen LogP contribution in [0.3, 0.4) is 0 Å². The second kappa shape index (κ2) is 7.09. The smallest absolute Gasteiger partial charge is 0.271 e. The lowest BCUT2D eigenvalue weighted by atomic mass is 10.1. The van der Waals surface area contributed by atoms with E-state index >= 15 is 0 Å². The minimum Gasteiger partial charge on any atom is -0.497 e. The fourth-order valence-corrected chi connectivity index (χ4v) is 2.27. The average Bonchev–Trinajstić information content (AvgIpc) is 2.56. The molecule has 1 heterocycles. The molecule has 1 N–H and O–H groups in total. The van der Waals surface area contributed by atoms with Gasteiger partial charge in [-0.1, -0.05) is 0 Å². The molecule has 0 bridgehead atoms. The Bertz CT molecular complexity index is 710. The van der Waals surface area contributed by atoms with Crippen LogP contribution in [0.1, 0.15) is 12.5 Å². The third-order valence-electron chi connectivity index (χ3n) is 3.40. The minimum atomic E-state index is -0.0811. The maximum atomic E-state index is 12.3. The van der Waals surface area contributed by atoms with Crippen molar-refractivity contribution in [3.63, 3.8) is 0 Å². The molecule has 0 aliphatic carbocycles. The van der Waals surface area contributed by atoms with E-state index in [9.17, 15) is 4.79 Å². The summed E-state index contributed by atoms with van der Waals surface area (Å²) in [5.41, 5.74) is 2.06. The van der Waals surface area contributed by atoms with Gasteiger partial charge in [0.2, 0.25) is 0 Å². The third-order valence-corrected chi connectivity index (χ3v) is 3.40. The van der Waals surface area contributed by atoms with Crippen LogP contribution >= 0.6 is 0 Å². The second-order valence-electron chi connectivity index (χ2n) is 4.77. The van der Waals surface area contributed by atoms with E-state index in [1.54, 1.807) is 20.3 Å². The first kappa shape index (κ1) is 16.0. The molecule has 6 heteroatoms. The third kappa shape index (κ3) is 3.12. The quantitative estimate of drug-likeness (QED) is 0.879. The van der Waals surface area contributed by atoms with Gasteiger partial charge in [-0.15, -0.1) is 0 Å². The molecule has 6 nitrogen and oxygen atoms in total. The summed E-state index contributed by atoms with van der Waals surface area (Å²) < 4.78 is 12.1. The van der Waals surface area contributed by atoms with Crippen LogP contribution in [-0.2, 0) is 13.1 Å². The van der Waals surface area contributed by atoms with Crippen LogP contribution in [0.15, 0.2) is 29.1 Å². The highest BCUT2D eigenvalue weighted by molar-refractivity contribution is 5.69. The number of hydrogen-bond donors (Lipinski definition) is 1. The Morgan fingerprint density at radius 3 is 2.59 bits per heavy atom. The van der Waals surface area contributed by atoms with E-state index in [0.717, 1.165) is 5.56 Å². The fraction of sp³-hybridized carbons (Fsp3) is 0.375. The van der Waals surface area contributed by atoms with Crippen LogP contribution in [0, 0.1) is 0 Å². The number of hydrogen-bond acceptors (Lipinski definition) is 5. The Kier molecular flexibility index (Phi) is 5.16. The van der Waals surface area contributed by atoms with Gasteiger partial charge in [0.25, 0.3) is 5.56 Å². The molecule has 1 aromatic carbocycles. The molecule has 0 unspecified atom stereocenters. The van der Waals surface area contributed by atoms with E-state index in [-0.39, 0.29) is 5.56 Å². The summed E-state index contributed by atoms with van der Waals surface area (Å²) in [6.07, 6.45) is 0. The van der Waals surface area contributed by atoms with Gasteiger partial charge in [0.15, 0.2) is 0 Å². The zero-order valence-corrected chi connectivity index (χ0v) is 13.3. The van der Waals surface area contributed by atoms with Gasteiger partial charge in [0.1, 0.15) is 11.5 Å². The van der Waals surface area contributed by atoms with Crippen LogP contribution in [-0.4, -0.2) is 31.0 Å². The predicted molar refractivity (Wildman–Crippen MR) is 85.5 cm³/mol. The zero-order valence-electron chi connectivity index (χ0n) is 13.3. The van der Waals surface area contributed by atoms with Crippen molar-refractivity contribution in [1.82, 2.24) is 15.1 Å². The molecular formula is C16H21N3O3. The fourth-order valence-electron chi connectivity index (χ4n) is 2.27. The van der Waals surface area contributed by atoms with E-state index in [1.165, 1.54) is 4.68 Å². The highest BCUT2D eigenvalue weighted by Crippen LogP contribution is 2.32. The summed E-state index contributed by atoms with van der Waals surface area (Å²) >= 11 is 0. The maximum Gasteiger partial charge on any atom is 0.271 e. The number of benzene rings is 1. The van der Waals surface area contributed by atoms with Crippen LogP contribution in [0.2, 0.25) is 0 Å². The Morgan fingerprint density at radius 2 is 2.00 bits per heavy atom. The molecule has 118 valence electrons. The molecule has 0 aliphatic heterocycles. The summed E-state index contributed by atoms with van der Waals surface area (Å²) in [7, 11) is 5.02. The molecule has 1 aromatic heterocycles. The standard InChI is InChI=1S/C16H21N3O3/c1-5-19-16(20)11(10-17-2)8-14(18-19)13-9-12(21-3)6-7-15(13)22-4/h6-9,17H,5,10H2,1-4H3. The van der Waals surface area contributed by atoms with Gasteiger partial charge in [-0.05, 0) is 38.2 Å². The van der Waals surface area contributed by atoms with Crippen molar-refractivity contribution < 1.29 is 9.47 Å². The number of aryl methyl sites for hydroxylation is 1. The number of rotatable bonds is 6. The molecule has 0 fully saturated rings. The van der Waals surface area contributed by atoms with Crippen molar-refractivity contribution in [3.8, 4) is 22.8 Å². The average molecular weight is 303 g/mol. The van der Waals surface area contributed by atoms with E-state index in [1.807, 2.05) is 32.2 Å². The van der Waals surface area contributed by atoms with E-state index < -0.39 is 0 Å². The molecule has 0 saturated carbocycles. The summed E-state index contributed by atoms with van der Waals surface area (Å²) in [6.45, 7) is 2.89. The Labute approximate surface area is 129 Å². The molecule has 0 spiro atoms. The number of nitrogens with one attached hydrogen (secondary N) is 1. The molecule has 0 amide bonds. The van der Waals surface area contributed by atoms with E-state index in [4.69, 9.17) is 9.47 Å². The molecule has 0 radical (unpaired) electrons. The Morgan fingerprint density at radius 1 is 1.23 bits per heavy atom. The van der Waals surface area contributed by atoms with E-state index in [0.29, 0.717) is 35.8 Å². The van der Waals surface area contributed by atoms with Crippen molar-refractivity contribution in [2.24, 2.45) is 0 Å². The predicted octanol–water partition coefficient (Wildman–Crippen LogP) is 1.67. The number of ether oxygens (including phenoxy) is 2. The minimum absolute atomic E-state index is 0.0811. The molecular weight excluding hydrogens is 282 g/mol. The Hall–Kier alpha value is -2.34. The topological polar surface area (TPSA) is 65.4 Å². The monoisotopic (exact) mass is 303 g/mol. The van der Waals surface area contributed by atoms with Gasteiger partial charge in [-0.2, -0.15) is 5.10 Å². The lowest BCUT2D eigenvalue weighted by molar-refractivity contribution is 0.404. The van der Waals surface area contributed by atoms with Crippen molar-refractivity contribution >= 4 is 0 Å². The zero-order chi connectivity index (χ0) is 16.1. The molecule has 22 heavy (non-hydrogen) atoms. The molecule has 0 aliphatic rings. The van der Waals surface area contributed by atoms with Crippen LogP contribution in [0.25, 0.3) is 11.3 Å².